The SMILES string of the molecule is CCCOc1ccc(C(=O)Nc2cccc(Cl)c2C)cc1OCC. The van der Waals surface area contributed by atoms with E-state index in [0.717, 1.165) is 12.0 Å². The summed E-state index contributed by atoms with van der Waals surface area (Å²) < 4.78 is 11.2. The van der Waals surface area contributed by atoms with Gasteiger partial charge in [0.2, 0.25) is 0 Å². The summed E-state index contributed by atoms with van der Waals surface area (Å²) in [5, 5.41) is 3.50. The van der Waals surface area contributed by atoms with Crippen molar-refractivity contribution in [3.63, 3.8) is 0 Å². The topological polar surface area (TPSA) is 47.6 Å². The van der Waals surface area contributed by atoms with Crippen molar-refractivity contribution in [2.24, 2.45) is 0 Å². The smallest absolute Gasteiger partial charge is 0.255 e. The Morgan fingerprint density at radius 3 is 2.62 bits per heavy atom. The molecule has 0 heterocycles. The van der Waals surface area contributed by atoms with Gasteiger partial charge < -0.3 is 14.8 Å². The molecule has 0 aromatic heterocycles. The van der Waals surface area contributed by atoms with E-state index >= 15 is 0 Å². The van der Waals surface area contributed by atoms with E-state index in [-0.39, 0.29) is 5.91 Å². The fourth-order valence-corrected chi connectivity index (χ4v) is 2.36. The Balaban J connectivity index is 2.22. The van der Waals surface area contributed by atoms with Crippen molar-refractivity contribution < 1.29 is 14.3 Å². The van der Waals surface area contributed by atoms with E-state index in [0.29, 0.717) is 41.0 Å². The lowest BCUT2D eigenvalue weighted by molar-refractivity contribution is 0.102. The van der Waals surface area contributed by atoms with Gasteiger partial charge >= 0.3 is 0 Å². The van der Waals surface area contributed by atoms with Crippen LogP contribution in [-0.4, -0.2) is 19.1 Å². The first kappa shape index (κ1) is 18.1. The Morgan fingerprint density at radius 1 is 1.12 bits per heavy atom. The second-order valence-corrected chi connectivity index (χ2v) is 5.72. The lowest BCUT2D eigenvalue weighted by Crippen LogP contribution is -2.13. The number of carbonyl (C=O) groups is 1. The molecule has 1 N–H and O–H groups in total. The first-order valence-electron chi connectivity index (χ1n) is 8.02. The quantitative estimate of drug-likeness (QED) is 0.759. The lowest BCUT2D eigenvalue weighted by atomic mass is 10.1. The van der Waals surface area contributed by atoms with Gasteiger partial charge in [-0.2, -0.15) is 0 Å². The Hall–Kier alpha value is -2.20. The standard InChI is InChI=1S/C19H22ClNO3/c1-4-11-24-17-10-9-14(12-18(17)23-5-2)19(22)21-16-8-6-7-15(20)13(16)3/h6-10,12H,4-5,11H2,1-3H3,(H,21,22). The lowest BCUT2D eigenvalue weighted by Gasteiger charge is -2.14. The summed E-state index contributed by atoms with van der Waals surface area (Å²) in [6, 6.07) is 10.6. The van der Waals surface area contributed by atoms with Gasteiger partial charge in [-0.15, -0.1) is 0 Å². The van der Waals surface area contributed by atoms with E-state index < -0.39 is 0 Å². The fourth-order valence-electron chi connectivity index (χ4n) is 2.19. The molecule has 2 aromatic carbocycles. The minimum atomic E-state index is -0.219. The van der Waals surface area contributed by atoms with Crippen LogP contribution in [-0.2, 0) is 0 Å². The minimum absolute atomic E-state index is 0.219. The van der Waals surface area contributed by atoms with Crippen molar-refractivity contribution in [2.75, 3.05) is 18.5 Å². The number of anilines is 1. The number of carbonyl (C=O) groups excluding carboxylic acids is 1. The molecule has 1 amide bonds. The molecule has 0 spiro atoms. The molecule has 0 aliphatic rings. The van der Waals surface area contributed by atoms with Crippen LogP contribution in [0.5, 0.6) is 11.5 Å². The fraction of sp³-hybridized carbons (Fsp3) is 0.316. The van der Waals surface area contributed by atoms with Crippen LogP contribution in [0.4, 0.5) is 5.69 Å². The van der Waals surface area contributed by atoms with Gasteiger partial charge in [-0.25, -0.2) is 0 Å². The minimum Gasteiger partial charge on any atom is -0.490 e. The average molecular weight is 348 g/mol. The molecule has 4 nitrogen and oxygen atoms in total. The highest BCUT2D eigenvalue weighted by Gasteiger charge is 2.13. The Labute approximate surface area is 147 Å². The van der Waals surface area contributed by atoms with Gasteiger partial charge in [0.25, 0.3) is 5.91 Å². The van der Waals surface area contributed by atoms with Crippen LogP contribution in [0, 0.1) is 6.92 Å². The largest absolute Gasteiger partial charge is 0.490 e. The summed E-state index contributed by atoms with van der Waals surface area (Å²) in [5.74, 6) is 0.999. The molecule has 24 heavy (non-hydrogen) atoms. The third kappa shape index (κ3) is 4.42. The molecule has 5 heteroatoms. The van der Waals surface area contributed by atoms with Crippen LogP contribution < -0.4 is 14.8 Å². The Kier molecular flexibility index (Phi) is 6.50. The second kappa shape index (κ2) is 8.60. The normalized spacial score (nSPS) is 10.3. The highest BCUT2D eigenvalue weighted by Crippen LogP contribution is 2.29. The molecule has 0 saturated carbocycles. The molecule has 0 fully saturated rings. The number of nitrogens with one attached hydrogen (secondary N) is 1. The molecule has 0 aliphatic heterocycles. The van der Waals surface area contributed by atoms with Gasteiger partial charge in [-0.1, -0.05) is 24.6 Å². The monoisotopic (exact) mass is 347 g/mol. The molecular formula is C19H22ClNO3. The van der Waals surface area contributed by atoms with Crippen molar-refractivity contribution in [3.05, 3.63) is 52.5 Å². The van der Waals surface area contributed by atoms with Crippen LogP contribution in [0.15, 0.2) is 36.4 Å². The van der Waals surface area contributed by atoms with E-state index in [9.17, 15) is 4.79 Å². The maximum atomic E-state index is 12.5. The van der Waals surface area contributed by atoms with Gasteiger partial charge in [0.15, 0.2) is 11.5 Å². The number of rotatable bonds is 7. The summed E-state index contributed by atoms with van der Waals surface area (Å²) in [6.45, 7) is 6.90. The molecular weight excluding hydrogens is 326 g/mol. The first-order chi connectivity index (χ1) is 11.6. The van der Waals surface area contributed by atoms with E-state index in [4.69, 9.17) is 21.1 Å². The van der Waals surface area contributed by atoms with Gasteiger partial charge in [0.1, 0.15) is 0 Å². The molecule has 0 aliphatic carbocycles. The van der Waals surface area contributed by atoms with Crippen LogP contribution in [0.1, 0.15) is 36.2 Å². The predicted octanol–water partition coefficient (Wildman–Crippen LogP) is 5.09. The Morgan fingerprint density at radius 2 is 1.92 bits per heavy atom. The highest BCUT2D eigenvalue weighted by molar-refractivity contribution is 6.31. The zero-order valence-corrected chi connectivity index (χ0v) is 14.9. The van der Waals surface area contributed by atoms with Crippen LogP contribution in [0.2, 0.25) is 5.02 Å². The molecule has 0 radical (unpaired) electrons. The van der Waals surface area contributed by atoms with Crippen molar-refractivity contribution >= 4 is 23.2 Å². The number of hydrogen-bond donors (Lipinski definition) is 1. The van der Waals surface area contributed by atoms with Crippen molar-refractivity contribution in [2.45, 2.75) is 27.2 Å². The molecule has 0 unspecified atom stereocenters. The maximum absolute atomic E-state index is 12.5. The number of ether oxygens (including phenoxy) is 2. The third-order valence-electron chi connectivity index (χ3n) is 3.48. The van der Waals surface area contributed by atoms with Crippen LogP contribution in [0.25, 0.3) is 0 Å². The summed E-state index contributed by atoms with van der Waals surface area (Å²) in [4.78, 5) is 12.5. The Bertz CT molecular complexity index is 716. The van der Waals surface area contributed by atoms with E-state index in [1.165, 1.54) is 0 Å². The predicted molar refractivity (Wildman–Crippen MR) is 97.5 cm³/mol. The summed E-state index contributed by atoms with van der Waals surface area (Å²) in [7, 11) is 0. The highest BCUT2D eigenvalue weighted by atomic mass is 35.5. The van der Waals surface area contributed by atoms with Crippen molar-refractivity contribution in [1.82, 2.24) is 0 Å². The van der Waals surface area contributed by atoms with Gasteiger partial charge in [-0.05, 0) is 56.2 Å². The molecule has 0 bridgehead atoms. The zero-order valence-electron chi connectivity index (χ0n) is 14.2. The molecule has 0 atom stereocenters. The number of halogens is 1. The van der Waals surface area contributed by atoms with Gasteiger partial charge in [-0.3, -0.25) is 4.79 Å². The van der Waals surface area contributed by atoms with Crippen molar-refractivity contribution in [3.8, 4) is 11.5 Å². The molecule has 2 aromatic rings. The maximum Gasteiger partial charge on any atom is 0.255 e. The summed E-state index contributed by atoms with van der Waals surface area (Å²) >= 11 is 6.09. The van der Waals surface area contributed by atoms with E-state index in [2.05, 4.69) is 5.32 Å². The third-order valence-corrected chi connectivity index (χ3v) is 3.89. The molecule has 128 valence electrons. The number of amides is 1. The average Bonchev–Trinajstić information content (AvgIpc) is 2.58. The summed E-state index contributed by atoms with van der Waals surface area (Å²) in [5.41, 5.74) is 2.03. The summed E-state index contributed by atoms with van der Waals surface area (Å²) in [6.07, 6.45) is 0.905. The van der Waals surface area contributed by atoms with Gasteiger partial charge in [0.05, 0.1) is 13.2 Å². The van der Waals surface area contributed by atoms with Crippen LogP contribution >= 0.6 is 11.6 Å². The first-order valence-corrected chi connectivity index (χ1v) is 8.40. The number of hydrogen-bond acceptors (Lipinski definition) is 3. The zero-order chi connectivity index (χ0) is 17.5. The van der Waals surface area contributed by atoms with E-state index in [1.807, 2.05) is 26.8 Å². The molecule has 0 saturated heterocycles. The van der Waals surface area contributed by atoms with Crippen molar-refractivity contribution in [1.29, 1.82) is 0 Å². The second-order valence-electron chi connectivity index (χ2n) is 5.31. The number of benzene rings is 2. The molecule has 2 rings (SSSR count). The van der Waals surface area contributed by atoms with E-state index in [1.54, 1.807) is 30.3 Å². The van der Waals surface area contributed by atoms with Gasteiger partial charge in [0, 0.05) is 16.3 Å². The van der Waals surface area contributed by atoms with Crippen LogP contribution in [0.3, 0.4) is 0 Å².